The summed E-state index contributed by atoms with van der Waals surface area (Å²) in [5.41, 5.74) is -4.27. The minimum atomic E-state index is -5.44. The highest BCUT2D eigenvalue weighted by Crippen LogP contribution is 2.38. The lowest BCUT2D eigenvalue weighted by atomic mass is 10.0. The van der Waals surface area contributed by atoms with Crippen molar-refractivity contribution in [3.8, 4) is 34.5 Å². The molecule has 0 fully saturated rings. The molecule has 4 aromatic carbocycles. The Hall–Kier alpha value is -5.06. The number of benzene rings is 4. The standard InChI is InChI=1S/C32H16F12O2/c1-2-3-4-16-9-22(33)21(23(34)10-16)7-5-17-11-25(36)29(26(37)12-17)31(40,41)45-19-6-8-20(24(35)15-19)18-13-27(38)30(28(39)14-18)46-32(42,43)44/h2,6,8-15H,1,3-4H2. The van der Waals surface area contributed by atoms with Gasteiger partial charge in [-0.15, -0.1) is 19.8 Å². The molecule has 0 unspecified atom stereocenters. The minimum absolute atomic E-state index is 0.264. The summed E-state index contributed by atoms with van der Waals surface area (Å²) in [6.45, 7) is 3.50. The molecule has 4 aromatic rings. The highest BCUT2D eigenvalue weighted by atomic mass is 19.4. The Morgan fingerprint density at radius 1 is 0.652 bits per heavy atom. The van der Waals surface area contributed by atoms with Crippen LogP contribution in [0.3, 0.4) is 0 Å². The van der Waals surface area contributed by atoms with Gasteiger partial charge in [-0.1, -0.05) is 17.9 Å². The molecule has 0 aliphatic heterocycles. The Kier molecular flexibility index (Phi) is 9.65. The van der Waals surface area contributed by atoms with Gasteiger partial charge >= 0.3 is 12.5 Å². The van der Waals surface area contributed by atoms with Crippen LogP contribution in [0.4, 0.5) is 52.7 Å². The number of ether oxygens (including phenoxy) is 2. The van der Waals surface area contributed by atoms with E-state index in [2.05, 4.69) is 27.9 Å². The Morgan fingerprint density at radius 3 is 1.76 bits per heavy atom. The zero-order valence-corrected chi connectivity index (χ0v) is 22.7. The molecule has 0 aliphatic rings. The molecule has 0 N–H and O–H groups in total. The van der Waals surface area contributed by atoms with E-state index < -0.39 is 92.5 Å². The zero-order valence-electron chi connectivity index (χ0n) is 22.7. The summed E-state index contributed by atoms with van der Waals surface area (Å²) in [7, 11) is 0. The number of allylic oxidation sites excluding steroid dienone is 1. The van der Waals surface area contributed by atoms with Crippen molar-refractivity contribution in [1.29, 1.82) is 0 Å². The van der Waals surface area contributed by atoms with Crippen LogP contribution in [0.25, 0.3) is 11.1 Å². The highest BCUT2D eigenvalue weighted by molar-refractivity contribution is 5.66. The van der Waals surface area contributed by atoms with Crippen LogP contribution in [0.5, 0.6) is 11.5 Å². The van der Waals surface area contributed by atoms with Gasteiger partial charge in [0, 0.05) is 17.2 Å². The average Bonchev–Trinajstić information content (AvgIpc) is 2.92. The Balaban J connectivity index is 1.57. The first kappa shape index (κ1) is 33.8. The van der Waals surface area contributed by atoms with Gasteiger partial charge in [0.2, 0.25) is 5.75 Å². The largest absolute Gasteiger partial charge is 0.573 e. The summed E-state index contributed by atoms with van der Waals surface area (Å²) < 4.78 is 175. The first-order chi connectivity index (χ1) is 21.5. The summed E-state index contributed by atoms with van der Waals surface area (Å²) in [5, 5.41) is 0. The van der Waals surface area contributed by atoms with E-state index in [1.54, 1.807) is 0 Å². The second-order valence-corrected chi connectivity index (χ2v) is 9.40. The molecule has 0 spiro atoms. The van der Waals surface area contributed by atoms with E-state index in [-0.39, 0.29) is 24.6 Å². The van der Waals surface area contributed by atoms with Crippen LogP contribution < -0.4 is 9.47 Å². The van der Waals surface area contributed by atoms with Gasteiger partial charge in [0.1, 0.15) is 40.4 Å². The number of hydrogen-bond acceptors (Lipinski definition) is 2. The topological polar surface area (TPSA) is 18.5 Å². The second-order valence-electron chi connectivity index (χ2n) is 9.40. The van der Waals surface area contributed by atoms with Crippen molar-refractivity contribution < 1.29 is 62.2 Å². The van der Waals surface area contributed by atoms with Crippen molar-refractivity contribution in [2.24, 2.45) is 0 Å². The second kappa shape index (κ2) is 13.1. The molecule has 0 amide bonds. The summed E-state index contributed by atoms with van der Waals surface area (Å²) in [6.07, 6.45) is -7.97. The lowest BCUT2D eigenvalue weighted by Crippen LogP contribution is -2.25. The molecule has 0 saturated carbocycles. The SMILES string of the molecule is C=CCCc1cc(F)c(C#Cc2cc(F)c(C(F)(F)Oc3ccc(-c4cc(F)c(OC(F)(F)F)c(F)c4)c(F)c3)c(F)c2)c(F)c1. The van der Waals surface area contributed by atoms with Gasteiger partial charge in [0.05, 0.1) is 5.56 Å². The van der Waals surface area contributed by atoms with E-state index in [4.69, 9.17) is 0 Å². The van der Waals surface area contributed by atoms with Crippen molar-refractivity contribution in [2.75, 3.05) is 0 Å². The zero-order chi connectivity index (χ0) is 34.0. The first-order valence-corrected chi connectivity index (χ1v) is 12.7. The Morgan fingerprint density at radius 2 is 1.24 bits per heavy atom. The highest BCUT2D eigenvalue weighted by Gasteiger charge is 2.41. The Labute approximate surface area is 252 Å². The number of alkyl halides is 5. The molecule has 0 aromatic heterocycles. The van der Waals surface area contributed by atoms with Crippen LogP contribution in [0.15, 0.2) is 67.3 Å². The normalized spacial score (nSPS) is 11.6. The van der Waals surface area contributed by atoms with Crippen molar-refractivity contribution in [1.82, 2.24) is 0 Å². The monoisotopic (exact) mass is 660 g/mol. The summed E-state index contributed by atoms with van der Waals surface area (Å²) in [4.78, 5) is 0. The van der Waals surface area contributed by atoms with E-state index >= 15 is 0 Å². The van der Waals surface area contributed by atoms with Gasteiger partial charge in [0.25, 0.3) is 0 Å². The molecule has 0 bridgehead atoms. The summed E-state index contributed by atoms with van der Waals surface area (Å²) in [5.74, 6) is -9.77. The smallest absolute Gasteiger partial charge is 0.429 e. The first-order valence-electron chi connectivity index (χ1n) is 12.7. The van der Waals surface area contributed by atoms with Gasteiger partial charge in [0.15, 0.2) is 11.6 Å². The van der Waals surface area contributed by atoms with Gasteiger partial charge in [-0.25, -0.2) is 30.7 Å². The van der Waals surface area contributed by atoms with Gasteiger partial charge in [-0.2, -0.15) is 8.78 Å². The van der Waals surface area contributed by atoms with E-state index in [9.17, 15) is 52.7 Å². The third kappa shape index (κ3) is 7.77. The number of hydrogen-bond donors (Lipinski definition) is 0. The third-order valence-corrected chi connectivity index (χ3v) is 6.12. The predicted molar refractivity (Wildman–Crippen MR) is 140 cm³/mol. The minimum Gasteiger partial charge on any atom is -0.429 e. The molecule has 0 heterocycles. The van der Waals surface area contributed by atoms with Crippen LogP contribution in [-0.2, 0) is 12.5 Å². The molecule has 14 heteroatoms. The molecule has 0 atom stereocenters. The van der Waals surface area contributed by atoms with Gasteiger partial charge in [-0.05, 0) is 72.5 Å². The third-order valence-electron chi connectivity index (χ3n) is 6.12. The van der Waals surface area contributed by atoms with Crippen molar-refractivity contribution >= 4 is 0 Å². The summed E-state index contributed by atoms with van der Waals surface area (Å²) in [6, 6.07) is 4.83. The van der Waals surface area contributed by atoms with Gasteiger partial charge < -0.3 is 9.47 Å². The molecular formula is C32H16F12O2. The Bertz CT molecular complexity index is 1800. The molecule has 2 nitrogen and oxygen atoms in total. The lowest BCUT2D eigenvalue weighted by molar-refractivity contribution is -0.276. The van der Waals surface area contributed by atoms with Crippen LogP contribution in [-0.4, -0.2) is 6.36 Å². The van der Waals surface area contributed by atoms with Crippen LogP contribution in [0.1, 0.15) is 28.7 Å². The van der Waals surface area contributed by atoms with Crippen molar-refractivity contribution in [3.63, 3.8) is 0 Å². The molecule has 0 saturated heterocycles. The van der Waals surface area contributed by atoms with Gasteiger partial charge in [-0.3, -0.25) is 0 Å². The maximum atomic E-state index is 14.8. The fourth-order valence-corrected chi connectivity index (χ4v) is 4.14. The molecule has 46 heavy (non-hydrogen) atoms. The maximum Gasteiger partial charge on any atom is 0.573 e. The lowest BCUT2D eigenvalue weighted by Gasteiger charge is -2.20. The van der Waals surface area contributed by atoms with E-state index in [1.807, 2.05) is 0 Å². The number of halogens is 12. The predicted octanol–water partition coefficient (Wildman–Crippen LogP) is 9.87. The van der Waals surface area contributed by atoms with E-state index in [0.29, 0.717) is 36.2 Å². The van der Waals surface area contributed by atoms with Crippen LogP contribution >= 0.6 is 0 Å². The maximum absolute atomic E-state index is 14.8. The van der Waals surface area contributed by atoms with E-state index in [1.165, 1.54) is 6.08 Å². The number of rotatable bonds is 8. The van der Waals surface area contributed by atoms with Crippen molar-refractivity contribution in [3.05, 3.63) is 130 Å². The van der Waals surface area contributed by atoms with Crippen LogP contribution in [0.2, 0.25) is 0 Å². The molecule has 240 valence electrons. The molecule has 0 aliphatic carbocycles. The van der Waals surface area contributed by atoms with Crippen molar-refractivity contribution in [2.45, 2.75) is 25.3 Å². The fourth-order valence-electron chi connectivity index (χ4n) is 4.14. The number of aryl methyl sites for hydroxylation is 1. The average molecular weight is 660 g/mol. The fraction of sp³-hybridized carbons (Fsp3) is 0.125. The summed E-state index contributed by atoms with van der Waals surface area (Å²) >= 11 is 0. The molecule has 0 radical (unpaired) electrons. The van der Waals surface area contributed by atoms with Crippen LogP contribution in [0, 0.1) is 52.6 Å². The van der Waals surface area contributed by atoms with E-state index in [0.717, 1.165) is 12.1 Å². The quantitative estimate of drug-likeness (QED) is 0.106. The molecule has 4 rings (SSSR count). The molecular weight excluding hydrogens is 644 g/mol.